The number of anilines is 1. The highest BCUT2D eigenvalue weighted by Gasteiger charge is 2.24. The Hall–Kier alpha value is -2.10. The fourth-order valence-electron chi connectivity index (χ4n) is 1.18. The minimum absolute atomic E-state index is 0.235. The summed E-state index contributed by atoms with van der Waals surface area (Å²) in [6, 6.07) is 6.62. The third-order valence-electron chi connectivity index (χ3n) is 2.54. The number of primary amides is 1. The standard InChI is InChI=1S/C13H16N2O2/c1-4-13(2,3)12(17)15-10-8-6-5-7-9(10)11(14)16/h4-8H,1H2,2-3H3,(H2,14,16)(H,15,17). The summed E-state index contributed by atoms with van der Waals surface area (Å²) >= 11 is 0. The molecule has 1 aromatic carbocycles. The molecule has 1 aromatic rings. The third-order valence-corrected chi connectivity index (χ3v) is 2.54. The first kappa shape index (κ1) is 13.0. The molecule has 0 aliphatic rings. The highest BCUT2D eigenvalue weighted by Crippen LogP contribution is 2.21. The van der Waals surface area contributed by atoms with Crippen LogP contribution in [0.25, 0.3) is 0 Å². The van der Waals surface area contributed by atoms with Crippen molar-refractivity contribution in [2.24, 2.45) is 11.1 Å². The molecule has 0 atom stereocenters. The molecule has 0 saturated heterocycles. The van der Waals surface area contributed by atoms with Gasteiger partial charge in [0, 0.05) is 0 Å². The number of carbonyl (C=O) groups is 2. The van der Waals surface area contributed by atoms with E-state index in [1.165, 1.54) is 0 Å². The number of hydrogen-bond donors (Lipinski definition) is 2. The molecule has 90 valence electrons. The summed E-state index contributed by atoms with van der Waals surface area (Å²) in [5.74, 6) is -0.807. The first-order chi connectivity index (χ1) is 7.88. The number of nitrogens with one attached hydrogen (secondary N) is 1. The van der Waals surface area contributed by atoms with E-state index in [1.54, 1.807) is 44.2 Å². The predicted octanol–water partition coefficient (Wildman–Crippen LogP) is 1.94. The van der Waals surface area contributed by atoms with Crippen LogP contribution in [0.15, 0.2) is 36.9 Å². The SMILES string of the molecule is C=CC(C)(C)C(=O)Nc1ccccc1C(N)=O. The zero-order chi connectivity index (χ0) is 13.1. The van der Waals surface area contributed by atoms with Crippen LogP contribution >= 0.6 is 0 Å². The maximum atomic E-state index is 11.9. The van der Waals surface area contributed by atoms with Crippen LogP contribution in [0, 0.1) is 5.41 Å². The summed E-state index contributed by atoms with van der Waals surface area (Å²) in [5, 5.41) is 2.67. The molecule has 2 amide bonds. The monoisotopic (exact) mass is 232 g/mol. The second-order valence-corrected chi connectivity index (χ2v) is 4.29. The largest absolute Gasteiger partial charge is 0.366 e. The molecule has 17 heavy (non-hydrogen) atoms. The smallest absolute Gasteiger partial charge is 0.250 e. The molecule has 0 aliphatic carbocycles. The van der Waals surface area contributed by atoms with Crippen LogP contribution in [-0.4, -0.2) is 11.8 Å². The number of para-hydroxylation sites is 1. The Morgan fingerprint density at radius 3 is 2.47 bits per heavy atom. The first-order valence-electron chi connectivity index (χ1n) is 5.22. The fraction of sp³-hybridized carbons (Fsp3) is 0.231. The Morgan fingerprint density at radius 2 is 1.94 bits per heavy atom. The molecule has 4 heteroatoms. The number of rotatable bonds is 4. The Kier molecular flexibility index (Phi) is 3.68. The molecular formula is C13H16N2O2. The molecular weight excluding hydrogens is 216 g/mol. The third kappa shape index (κ3) is 2.93. The van der Waals surface area contributed by atoms with E-state index in [0.717, 1.165) is 0 Å². The van der Waals surface area contributed by atoms with Crippen LogP contribution in [0.3, 0.4) is 0 Å². The number of amides is 2. The van der Waals surface area contributed by atoms with Gasteiger partial charge < -0.3 is 11.1 Å². The molecule has 0 radical (unpaired) electrons. The van der Waals surface area contributed by atoms with Gasteiger partial charge in [0.1, 0.15) is 0 Å². The van der Waals surface area contributed by atoms with Gasteiger partial charge in [0.25, 0.3) is 5.91 Å². The van der Waals surface area contributed by atoms with E-state index in [-0.39, 0.29) is 5.91 Å². The number of nitrogens with two attached hydrogens (primary N) is 1. The lowest BCUT2D eigenvalue weighted by Gasteiger charge is -2.19. The molecule has 4 nitrogen and oxygen atoms in total. The summed E-state index contributed by atoms with van der Waals surface area (Å²) in [5.41, 5.74) is 5.23. The molecule has 3 N–H and O–H groups in total. The maximum Gasteiger partial charge on any atom is 0.250 e. The van der Waals surface area contributed by atoms with Gasteiger partial charge in [0.05, 0.1) is 16.7 Å². The van der Waals surface area contributed by atoms with Gasteiger partial charge in [-0.05, 0) is 26.0 Å². The van der Waals surface area contributed by atoms with Gasteiger partial charge in [-0.25, -0.2) is 0 Å². The highest BCUT2D eigenvalue weighted by molar-refractivity contribution is 6.04. The van der Waals surface area contributed by atoms with Crippen molar-refractivity contribution in [3.8, 4) is 0 Å². The van der Waals surface area contributed by atoms with Gasteiger partial charge in [-0.2, -0.15) is 0 Å². The molecule has 0 unspecified atom stereocenters. The van der Waals surface area contributed by atoms with Crippen LogP contribution in [0.2, 0.25) is 0 Å². The number of hydrogen-bond acceptors (Lipinski definition) is 2. The molecule has 0 saturated carbocycles. The van der Waals surface area contributed by atoms with Crippen molar-refractivity contribution < 1.29 is 9.59 Å². The maximum absolute atomic E-state index is 11.9. The van der Waals surface area contributed by atoms with Crippen LogP contribution in [0.4, 0.5) is 5.69 Å². The van der Waals surface area contributed by atoms with E-state index in [1.807, 2.05) is 0 Å². The Labute approximate surface area is 101 Å². The van der Waals surface area contributed by atoms with Crippen LogP contribution in [-0.2, 0) is 4.79 Å². The van der Waals surface area contributed by atoms with Crippen molar-refractivity contribution in [2.75, 3.05) is 5.32 Å². The van der Waals surface area contributed by atoms with E-state index in [2.05, 4.69) is 11.9 Å². The van der Waals surface area contributed by atoms with Crippen molar-refractivity contribution in [1.29, 1.82) is 0 Å². The van der Waals surface area contributed by atoms with E-state index in [9.17, 15) is 9.59 Å². The molecule has 0 aromatic heterocycles. The summed E-state index contributed by atoms with van der Waals surface area (Å²) < 4.78 is 0. The topological polar surface area (TPSA) is 72.2 Å². The van der Waals surface area contributed by atoms with Crippen molar-refractivity contribution in [1.82, 2.24) is 0 Å². The average Bonchev–Trinajstić information content (AvgIpc) is 2.29. The Bertz CT molecular complexity index is 464. The summed E-state index contributed by atoms with van der Waals surface area (Å²) in [6.07, 6.45) is 1.55. The van der Waals surface area contributed by atoms with E-state index < -0.39 is 11.3 Å². The second kappa shape index (κ2) is 4.82. The lowest BCUT2D eigenvalue weighted by molar-refractivity contribution is -0.121. The minimum atomic E-state index is -0.704. The van der Waals surface area contributed by atoms with Crippen molar-refractivity contribution in [3.05, 3.63) is 42.5 Å². The minimum Gasteiger partial charge on any atom is -0.366 e. The molecule has 0 bridgehead atoms. The summed E-state index contributed by atoms with van der Waals surface area (Å²) in [7, 11) is 0. The zero-order valence-corrected chi connectivity index (χ0v) is 9.99. The van der Waals surface area contributed by atoms with E-state index >= 15 is 0 Å². The number of carbonyl (C=O) groups excluding carboxylic acids is 2. The van der Waals surface area contributed by atoms with E-state index in [0.29, 0.717) is 11.3 Å². The zero-order valence-electron chi connectivity index (χ0n) is 9.99. The van der Waals surface area contributed by atoms with Gasteiger partial charge >= 0.3 is 0 Å². The lowest BCUT2D eigenvalue weighted by Crippen LogP contribution is -2.29. The number of benzene rings is 1. The average molecular weight is 232 g/mol. The normalized spacial score (nSPS) is 10.7. The van der Waals surface area contributed by atoms with Crippen LogP contribution in [0.5, 0.6) is 0 Å². The molecule has 0 heterocycles. The summed E-state index contributed by atoms with van der Waals surface area (Å²) in [4.78, 5) is 23.1. The summed E-state index contributed by atoms with van der Waals surface area (Å²) in [6.45, 7) is 7.08. The molecule has 1 rings (SSSR count). The van der Waals surface area contributed by atoms with Gasteiger partial charge in [-0.3, -0.25) is 9.59 Å². The van der Waals surface area contributed by atoms with Gasteiger partial charge in [0.15, 0.2) is 0 Å². The Balaban J connectivity index is 3.00. The van der Waals surface area contributed by atoms with Gasteiger partial charge in [-0.1, -0.05) is 18.2 Å². The van der Waals surface area contributed by atoms with Crippen LogP contribution in [0.1, 0.15) is 24.2 Å². The highest BCUT2D eigenvalue weighted by atomic mass is 16.2. The van der Waals surface area contributed by atoms with Crippen molar-refractivity contribution in [2.45, 2.75) is 13.8 Å². The van der Waals surface area contributed by atoms with Crippen molar-refractivity contribution >= 4 is 17.5 Å². The fourth-order valence-corrected chi connectivity index (χ4v) is 1.18. The van der Waals surface area contributed by atoms with E-state index in [4.69, 9.17) is 5.73 Å². The molecule has 0 spiro atoms. The van der Waals surface area contributed by atoms with Gasteiger partial charge in [0.2, 0.25) is 5.91 Å². The van der Waals surface area contributed by atoms with Crippen molar-refractivity contribution in [3.63, 3.8) is 0 Å². The Morgan fingerprint density at radius 1 is 1.35 bits per heavy atom. The lowest BCUT2D eigenvalue weighted by atomic mass is 9.92. The van der Waals surface area contributed by atoms with Gasteiger partial charge in [-0.15, -0.1) is 6.58 Å². The second-order valence-electron chi connectivity index (χ2n) is 4.29. The first-order valence-corrected chi connectivity index (χ1v) is 5.22. The predicted molar refractivity (Wildman–Crippen MR) is 67.6 cm³/mol. The molecule has 0 fully saturated rings. The molecule has 0 aliphatic heterocycles. The van der Waals surface area contributed by atoms with Crippen LogP contribution < -0.4 is 11.1 Å². The quantitative estimate of drug-likeness (QED) is 0.778.